The van der Waals surface area contributed by atoms with Crippen molar-refractivity contribution in [2.24, 2.45) is 5.92 Å². The van der Waals surface area contributed by atoms with Crippen LogP contribution in [0.15, 0.2) is 24.3 Å². The van der Waals surface area contributed by atoms with Crippen molar-refractivity contribution in [1.82, 2.24) is 5.32 Å². The third kappa shape index (κ3) is 6.33. The van der Waals surface area contributed by atoms with Gasteiger partial charge in [0.25, 0.3) is 0 Å². The number of carboxylic acids is 1. The van der Waals surface area contributed by atoms with Gasteiger partial charge in [0, 0.05) is 19.6 Å². The zero-order valence-corrected chi connectivity index (χ0v) is 11.9. The molecule has 0 aliphatic carbocycles. The van der Waals surface area contributed by atoms with Crippen molar-refractivity contribution in [2.45, 2.75) is 26.8 Å². The van der Waals surface area contributed by atoms with Crippen molar-refractivity contribution in [3.05, 3.63) is 35.4 Å². The summed E-state index contributed by atoms with van der Waals surface area (Å²) in [6.07, 6.45) is 0.311. The van der Waals surface area contributed by atoms with Gasteiger partial charge in [0.2, 0.25) is 5.91 Å². The van der Waals surface area contributed by atoms with Gasteiger partial charge in [-0.1, -0.05) is 26.0 Å². The van der Waals surface area contributed by atoms with E-state index in [1.165, 1.54) is 6.07 Å². The van der Waals surface area contributed by atoms with Crippen LogP contribution >= 0.6 is 0 Å². The average molecular weight is 279 g/mol. The molecular formula is C15H21NO4. The minimum absolute atomic E-state index is 0.102. The highest BCUT2D eigenvalue weighted by Crippen LogP contribution is 2.05. The highest BCUT2D eigenvalue weighted by Gasteiger charge is 2.05. The number of ether oxygens (including phenoxy) is 1. The molecule has 5 nitrogen and oxygen atoms in total. The van der Waals surface area contributed by atoms with E-state index in [1.807, 2.05) is 0 Å². The maximum atomic E-state index is 11.6. The van der Waals surface area contributed by atoms with Crippen LogP contribution in [0.1, 0.15) is 36.2 Å². The maximum Gasteiger partial charge on any atom is 0.335 e. The summed E-state index contributed by atoms with van der Waals surface area (Å²) in [5, 5.41) is 11.6. The SMILES string of the molecule is CC(C)COCCC(=O)NCc1cccc(C(=O)O)c1. The molecule has 0 fully saturated rings. The van der Waals surface area contributed by atoms with Crippen molar-refractivity contribution >= 4 is 11.9 Å². The van der Waals surface area contributed by atoms with Gasteiger partial charge in [-0.15, -0.1) is 0 Å². The molecule has 0 radical (unpaired) electrons. The largest absolute Gasteiger partial charge is 0.478 e. The summed E-state index contributed by atoms with van der Waals surface area (Å²) in [4.78, 5) is 22.4. The normalized spacial score (nSPS) is 10.6. The minimum Gasteiger partial charge on any atom is -0.478 e. The van der Waals surface area contributed by atoms with E-state index in [2.05, 4.69) is 19.2 Å². The molecule has 0 heterocycles. The molecule has 0 aliphatic heterocycles. The molecule has 0 saturated carbocycles. The lowest BCUT2D eigenvalue weighted by Gasteiger charge is -2.08. The number of benzene rings is 1. The summed E-state index contributed by atoms with van der Waals surface area (Å²) in [6, 6.07) is 6.52. The molecule has 5 heteroatoms. The Morgan fingerprint density at radius 3 is 2.75 bits per heavy atom. The Kier molecular flexibility index (Phi) is 6.73. The smallest absolute Gasteiger partial charge is 0.335 e. The fourth-order valence-corrected chi connectivity index (χ4v) is 1.59. The van der Waals surface area contributed by atoms with Crippen LogP contribution in [0.25, 0.3) is 0 Å². The zero-order chi connectivity index (χ0) is 15.0. The third-order valence-electron chi connectivity index (χ3n) is 2.59. The van der Waals surface area contributed by atoms with Crippen LogP contribution in [-0.4, -0.2) is 30.2 Å². The molecule has 0 aromatic heterocycles. The second-order valence-electron chi connectivity index (χ2n) is 5.00. The van der Waals surface area contributed by atoms with Crippen molar-refractivity contribution in [1.29, 1.82) is 0 Å². The van der Waals surface area contributed by atoms with Crippen molar-refractivity contribution in [2.75, 3.05) is 13.2 Å². The van der Waals surface area contributed by atoms with Gasteiger partial charge in [-0.3, -0.25) is 4.79 Å². The molecule has 0 saturated heterocycles. The Hall–Kier alpha value is -1.88. The number of amides is 1. The predicted octanol–water partition coefficient (Wildman–Crippen LogP) is 2.06. The third-order valence-corrected chi connectivity index (χ3v) is 2.59. The first-order chi connectivity index (χ1) is 9.49. The van der Waals surface area contributed by atoms with Crippen LogP contribution in [0.3, 0.4) is 0 Å². The number of nitrogens with one attached hydrogen (secondary N) is 1. The number of aromatic carboxylic acids is 1. The van der Waals surface area contributed by atoms with Crippen LogP contribution in [0.2, 0.25) is 0 Å². The monoisotopic (exact) mass is 279 g/mol. The molecule has 1 rings (SSSR count). The van der Waals surface area contributed by atoms with Gasteiger partial charge < -0.3 is 15.2 Å². The predicted molar refractivity (Wildman–Crippen MR) is 75.5 cm³/mol. The number of carbonyl (C=O) groups excluding carboxylic acids is 1. The van der Waals surface area contributed by atoms with Crippen molar-refractivity contribution < 1.29 is 19.4 Å². The lowest BCUT2D eigenvalue weighted by atomic mass is 10.1. The van der Waals surface area contributed by atoms with E-state index in [1.54, 1.807) is 18.2 Å². The van der Waals surface area contributed by atoms with Gasteiger partial charge in [0.15, 0.2) is 0 Å². The molecule has 0 aliphatic rings. The van der Waals surface area contributed by atoms with Crippen molar-refractivity contribution in [3.63, 3.8) is 0 Å². The number of hydrogen-bond acceptors (Lipinski definition) is 3. The second-order valence-corrected chi connectivity index (χ2v) is 5.00. The summed E-state index contributed by atoms with van der Waals surface area (Å²) in [5.41, 5.74) is 0.985. The standard InChI is InChI=1S/C15H21NO4/c1-11(2)10-20-7-6-14(17)16-9-12-4-3-5-13(8-12)15(18)19/h3-5,8,11H,6-7,9-10H2,1-2H3,(H,16,17)(H,18,19). The van der Waals surface area contributed by atoms with E-state index < -0.39 is 5.97 Å². The lowest BCUT2D eigenvalue weighted by molar-refractivity contribution is -0.122. The fraction of sp³-hybridized carbons (Fsp3) is 0.467. The van der Waals surface area contributed by atoms with Crippen LogP contribution < -0.4 is 5.32 Å². The van der Waals surface area contributed by atoms with E-state index in [-0.39, 0.29) is 11.5 Å². The van der Waals surface area contributed by atoms with E-state index >= 15 is 0 Å². The number of rotatable bonds is 8. The van der Waals surface area contributed by atoms with E-state index in [0.29, 0.717) is 32.1 Å². The van der Waals surface area contributed by atoms with Gasteiger partial charge in [0.1, 0.15) is 0 Å². The zero-order valence-electron chi connectivity index (χ0n) is 11.9. The topological polar surface area (TPSA) is 75.6 Å². The Labute approximate surface area is 118 Å². The van der Waals surface area contributed by atoms with Gasteiger partial charge in [0.05, 0.1) is 12.2 Å². The molecule has 110 valence electrons. The van der Waals surface area contributed by atoms with E-state index in [9.17, 15) is 9.59 Å². The maximum absolute atomic E-state index is 11.6. The highest BCUT2D eigenvalue weighted by atomic mass is 16.5. The first-order valence-electron chi connectivity index (χ1n) is 6.65. The fourth-order valence-electron chi connectivity index (χ4n) is 1.59. The summed E-state index contributed by atoms with van der Waals surface area (Å²) in [7, 11) is 0. The lowest BCUT2D eigenvalue weighted by Crippen LogP contribution is -2.24. The molecule has 2 N–H and O–H groups in total. The van der Waals surface area contributed by atoms with E-state index in [4.69, 9.17) is 9.84 Å². The average Bonchev–Trinajstić information content (AvgIpc) is 2.41. The van der Waals surface area contributed by atoms with Crippen molar-refractivity contribution in [3.8, 4) is 0 Å². The first kappa shape index (κ1) is 16.2. The highest BCUT2D eigenvalue weighted by molar-refractivity contribution is 5.87. The second kappa shape index (κ2) is 8.32. The van der Waals surface area contributed by atoms with Crippen LogP contribution in [0.4, 0.5) is 0 Å². The summed E-state index contributed by atoms with van der Waals surface area (Å²) < 4.78 is 5.33. The Balaban J connectivity index is 2.30. The first-order valence-corrected chi connectivity index (χ1v) is 6.65. The van der Waals surface area contributed by atoms with Gasteiger partial charge in [-0.05, 0) is 23.6 Å². The van der Waals surface area contributed by atoms with Gasteiger partial charge >= 0.3 is 5.97 Å². The van der Waals surface area contributed by atoms with Gasteiger partial charge in [-0.25, -0.2) is 4.79 Å². The molecular weight excluding hydrogens is 258 g/mol. The number of carbonyl (C=O) groups is 2. The van der Waals surface area contributed by atoms with E-state index in [0.717, 1.165) is 5.56 Å². The molecule has 0 atom stereocenters. The molecule has 1 aromatic rings. The number of carboxylic acid groups (broad SMARTS) is 1. The summed E-state index contributed by atoms with van der Waals surface area (Å²) in [5.74, 6) is -0.619. The molecule has 0 spiro atoms. The minimum atomic E-state index is -0.972. The van der Waals surface area contributed by atoms with Crippen LogP contribution in [-0.2, 0) is 16.1 Å². The molecule has 0 unspecified atom stereocenters. The Morgan fingerprint density at radius 2 is 2.10 bits per heavy atom. The van der Waals surface area contributed by atoms with Crippen LogP contribution in [0.5, 0.6) is 0 Å². The van der Waals surface area contributed by atoms with Gasteiger partial charge in [-0.2, -0.15) is 0 Å². The van der Waals surface area contributed by atoms with Crippen LogP contribution in [0, 0.1) is 5.92 Å². The molecule has 1 aromatic carbocycles. The Bertz CT molecular complexity index is 457. The molecule has 1 amide bonds. The quantitative estimate of drug-likeness (QED) is 0.714. The Morgan fingerprint density at radius 1 is 1.35 bits per heavy atom. The molecule has 0 bridgehead atoms. The summed E-state index contributed by atoms with van der Waals surface area (Å²) in [6.45, 7) is 5.47. The molecule has 20 heavy (non-hydrogen) atoms. The summed E-state index contributed by atoms with van der Waals surface area (Å²) >= 11 is 0. The number of hydrogen-bond donors (Lipinski definition) is 2.